The van der Waals surface area contributed by atoms with Crippen molar-refractivity contribution < 1.29 is 9.90 Å². The van der Waals surface area contributed by atoms with Gasteiger partial charge in [-0.3, -0.25) is 4.79 Å². The van der Waals surface area contributed by atoms with Gasteiger partial charge in [0.1, 0.15) is 0 Å². The van der Waals surface area contributed by atoms with Crippen LogP contribution in [0.25, 0.3) is 0 Å². The number of carbonyl (C=O) groups is 1. The van der Waals surface area contributed by atoms with Crippen molar-refractivity contribution in [3.8, 4) is 6.07 Å². The van der Waals surface area contributed by atoms with Crippen LogP contribution in [0.15, 0.2) is 24.3 Å². The van der Waals surface area contributed by atoms with E-state index in [1.54, 1.807) is 24.3 Å². The molecule has 0 aromatic heterocycles. The lowest BCUT2D eigenvalue weighted by Crippen LogP contribution is -2.34. The van der Waals surface area contributed by atoms with E-state index in [4.69, 9.17) is 10.4 Å². The molecule has 17 heavy (non-hydrogen) atoms. The summed E-state index contributed by atoms with van der Waals surface area (Å²) in [6, 6.07) is 8.94. The van der Waals surface area contributed by atoms with E-state index in [0.29, 0.717) is 18.4 Å². The van der Waals surface area contributed by atoms with E-state index in [-0.39, 0.29) is 18.6 Å². The van der Waals surface area contributed by atoms with Crippen LogP contribution in [-0.4, -0.2) is 23.7 Å². The summed E-state index contributed by atoms with van der Waals surface area (Å²) in [5.41, 5.74) is 1.46. The Hall–Kier alpha value is -1.86. The predicted octanol–water partition coefficient (Wildman–Crippen LogP) is 0.988. The van der Waals surface area contributed by atoms with E-state index in [0.717, 1.165) is 5.56 Å². The van der Waals surface area contributed by atoms with E-state index in [2.05, 4.69) is 5.32 Å². The maximum absolute atomic E-state index is 11.6. The Morgan fingerprint density at radius 2 is 2.12 bits per heavy atom. The molecule has 2 N–H and O–H groups in total. The average Bonchev–Trinajstić information content (AvgIpc) is 2.30. The Morgan fingerprint density at radius 1 is 1.47 bits per heavy atom. The molecule has 0 aliphatic rings. The summed E-state index contributed by atoms with van der Waals surface area (Å²) >= 11 is 0. The Labute approximate surface area is 101 Å². The molecule has 0 spiro atoms. The standard InChI is InChI=1S/C13H16N2O2/c1-10(6-7-16)15-13(17)8-11-2-4-12(9-14)5-3-11/h2-5,10,16H,6-8H2,1H3,(H,15,17). The van der Waals surface area contributed by atoms with E-state index >= 15 is 0 Å². The largest absolute Gasteiger partial charge is 0.396 e. The lowest BCUT2D eigenvalue weighted by Gasteiger charge is -2.12. The topological polar surface area (TPSA) is 73.1 Å². The first-order valence-corrected chi connectivity index (χ1v) is 5.55. The van der Waals surface area contributed by atoms with Crippen molar-refractivity contribution in [2.45, 2.75) is 25.8 Å². The van der Waals surface area contributed by atoms with Crippen LogP contribution in [0.2, 0.25) is 0 Å². The molecule has 4 heteroatoms. The van der Waals surface area contributed by atoms with Crippen LogP contribution in [0.5, 0.6) is 0 Å². The first-order chi connectivity index (χ1) is 8.15. The van der Waals surface area contributed by atoms with Crippen LogP contribution < -0.4 is 5.32 Å². The van der Waals surface area contributed by atoms with Crippen molar-refractivity contribution in [1.82, 2.24) is 5.32 Å². The molecule has 0 saturated carbocycles. The molecule has 0 radical (unpaired) electrons. The molecule has 1 aromatic carbocycles. The van der Waals surface area contributed by atoms with Gasteiger partial charge in [0.2, 0.25) is 5.91 Å². The lowest BCUT2D eigenvalue weighted by molar-refractivity contribution is -0.121. The number of nitrogens with zero attached hydrogens (tertiary/aromatic N) is 1. The molecule has 0 aliphatic heterocycles. The third kappa shape index (κ3) is 4.66. The van der Waals surface area contributed by atoms with Gasteiger partial charge < -0.3 is 10.4 Å². The van der Waals surface area contributed by atoms with Crippen LogP contribution in [-0.2, 0) is 11.2 Å². The normalized spacial score (nSPS) is 11.6. The van der Waals surface area contributed by atoms with Crippen molar-refractivity contribution in [2.75, 3.05) is 6.61 Å². The lowest BCUT2D eigenvalue weighted by atomic mass is 10.1. The summed E-state index contributed by atoms with van der Waals surface area (Å²) < 4.78 is 0. The second kappa shape index (κ2) is 6.66. The van der Waals surface area contributed by atoms with Gasteiger partial charge in [0.05, 0.1) is 18.1 Å². The van der Waals surface area contributed by atoms with Crippen molar-refractivity contribution in [3.63, 3.8) is 0 Å². The van der Waals surface area contributed by atoms with Gasteiger partial charge in [-0.1, -0.05) is 12.1 Å². The molecule has 1 atom stereocenters. The molecule has 0 fully saturated rings. The van der Waals surface area contributed by atoms with Gasteiger partial charge in [0.15, 0.2) is 0 Å². The van der Waals surface area contributed by atoms with Gasteiger partial charge in [0.25, 0.3) is 0 Å². The molecule has 1 aromatic rings. The summed E-state index contributed by atoms with van der Waals surface area (Å²) in [7, 11) is 0. The summed E-state index contributed by atoms with van der Waals surface area (Å²) in [6.07, 6.45) is 0.848. The quantitative estimate of drug-likeness (QED) is 0.795. The highest BCUT2D eigenvalue weighted by molar-refractivity contribution is 5.78. The van der Waals surface area contributed by atoms with E-state index in [1.807, 2.05) is 13.0 Å². The number of aliphatic hydroxyl groups is 1. The van der Waals surface area contributed by atoms with Crippen molar-refractivity contribution in [3.05, 3.63) is 35.4 Å². The van der Waals surface area contributed by atoms with Crippen LogP contribution in [0.3, 0.4) is 0 Å². The van der Waals surface area contributed by atoms with Gasteiger partial charge >= 0.3 is 0 Å². The van der Waals surface area contributed by atoms with Gasteiger partial charge in [-0.05, 0) is 31.0 Å². The summed E-state index contributed by atoms with van der Waals surface area (Å²) in [6.45, 7) is 1.92. The third-order valence-corrected chi connectivity index (χ3v) is 2.42. The fraction of sp³-hybridized carbons (Fsp3) is 0.385. The number of carbonyl (C=O) groups excluding carboxylic acids is 1. The number of hydrogen-bond acceptors (Lipinski definition) is 3. The monoisotopic (exact) mass is 232 g/mol. The Balaban J connectivity index is 2.48. The molecule has 4 nitrogen and oxygen atoms in total. The minimum atomic E-state index is -0.0735. The molecule has 1 unspecified atom stereocenters. The van der Waals surface area contributed by atoms with Crippen molar-refractivity contribution >= 4 is 5.91 Å². The van der Waals surface area contributed by atoms with Crippen molar-refractivity contribution in [2.24, 2.45) is 0 Å². The molecule has 0 saturated heterocycles. The number of hydrogen-bond donors (Lipinski definition) is 2. The van der Waals surface area contributed by atoms with E-state index in [9.17, 15) is 4.79 Å². The average molecular weight is 232 g/mol. The first-order valence-electron chi connectivity index (χ1n) is 5.55. The minimum Gasteiger partial charge on any atom is -0.396 e. The highest BCUT2D eigenvalue weighted by Gasteiger charge is 2.07. The second-order valence-corrected chi connectivity index (χ2v) is 3.97. The summed E-state index contributed by atoms with van der Waals surface area (Å²) in [5.74, 6) is -0.0735. The number of nitriles is 1. The number of benzene rings is 1. The van der Waals surface area contributed by atoms with Gasteiger partial charge in [0, 0.05) is 12.6 Å². The Morgan fingerprint density at radius 3 is 2.65 bits per heavy atom. The predicted molar refractivity (Wildman–Crippen MR) is 64.2 cm³/mol. The van der Waals surface area contributed by atoms with Crippen LogP contribution in [0.1, 0.15) is 24.5 Å². The smallest absolute Gasteiger partial charge is 0.224 e. The van der Waals surface area contributed by atoms with Crippen LogP contribution in [0, 0.1) is 11.3 Å². The van der Waals surface area contributed by atoms with Gasteiger partial charge in [-0.2, -0.15) is 5.26 Å². The molecule has 1 amide bonds. The minimum absolute atomic E-state index is 0.0223. The number of amides is 1. The molecule has 90 valence electrons. The fourth-order valence-corrected chi connectivity index (χ4v) is 1.47. The maximum Gasteiger partial charge on any atom is 0.224 e. The van der Waals surface area contributed by atoms with E-state index < -0.39 is 0 Å². The Bertz CT molecular complexity index is 406. The summed E-state index contributed by atoms with van der Waals surface area (Å²) in [4.78, 5) is 11.6. The molecule has 1 rings (SSSR count). The first kappa shape index (κ1) is 13.2. The Kier molecular flexibility index (Phi) is 5.18. The molecule has 0 bridgehead atoms. The highest BCUT2D eigenvalue weighted by Crippen LogP contribution is 2.04. The third-order valence-electron chi connectivity index (χ3n) is 2.42. The number of nitrogens with one attached hydrogen (secondary N) is 1. The van der Waals surface area contributed by atoms with Gasteiger partial charge in [-0.25, -0.2) is 0 Å². The number of aliphatic hydroxyl groups excluding tert-OH is 1. The molecule has 0 aliphatic carbocycles. The molecular weight excluding hydrogens is 216 g/mol. The zero-order chi connectivity index (χ0) is 12.7. The zero-order valence-electron chi connectivity index (χ0n) is 9.81. The fourth-order valence-electron chi connectivity index (χ4n) is 1.47. The van der Waals surface area contributed by atoms with Crippen molar-refractivity contribution in [1.29, 1.82) is 5.26 Å². The molecule has 0 heterocycles. The van der Waals surface area contributed by atoms with Gasteiger partial charge in [-0.15, -0.1) is 0 Å². The molecular formula is C13H16N2O2. The number of rotatable bonds is 5. The summed E-state index contributed by atoms with van der Waals surface area (Å²) in [5, 5.41) is 20.1. The zero-order valence-corrected chi connectivity index (χ0v) is 9.81. The van der Waals surface area contributed by atoms with Crippen LogP contribution in [0.4, 0.5) is 0 Å². The maximum atomic E-state index is 11.6. The van der Waals surface area contributed by atoms with Crippen LogP contribution >= 0.6 is 0 Å². The van der Waals surface area contributed by atoms with E-state index in [1.165, 1.54) is 0 Å². The second-order valence-electron chi connectivity index (χ2n) is 3.97. The highest BCUT2D eigenvalue weighted by atomic mass is 16.3. The SMILES string of the molecule is CC(CCO)NC(=O)Cc1ccc(C#N)cc1.